The largest absolute Gasteiger partial charge is 0.409 e. The zero-order valence-electron chi connectivity index (χ0n) is 8.65. The Kier molecular flexibility index (Phi) is 3.16. The summed E-state index contributed by atoms with van der Waals surface area (Å²) in [7, 11) is 0. The number of hydrogen-bond donors (Lipinski definition) is 2. The number of oxime groups is 1. The van der Waals surface area contributed by atoms with Crippen LogP contribution in [0.4, 0.5) is 5.82 Å². The van der Waals surface area contributed by atoms with Crippen molar-refractivity contribution in [3.8, 4) is 0 Å². The summed E-state index contributed by atoms with van der Waals surface area (Å²) in [4.78, 5) is 10.00. The van der Waals surface area contributed by atoms with Crippen molar-refractivity contribution in [1.29, 1.82) is 0 Å². The van der Waals surface area contributed by atoms with Crippen LogP contribution in [0.25, 0.3) is 0 Å². The standard InChI is InChI=1S/C9H13N5O2/c10-9(13-15)7-5-14(3-4-16-7)8-1-2-11-6-12-8/h1-2,6-7,15H,3-5H2,(H2,10,13). The number of morpholine rings is 1. The van der Waals surface area contributed by atoms with Crippen molar-refractivity contribution >= 4 is 11.7 Å². The highest BCUT2D eigenvalue weighted by Gasteiger charge is 2.24. The minimum Gasteiger partial charge on any atom is -0.409 e. The van der Waals surface area contributed by atoms with Gasteiger partial charge < -0.3 is 20.6 Å². The van der Waals surface area contributed by atoms with Crippen LogP contribution in [0.1, 0.15) is 0 Å². The first kappa shape index (κ1) is 10.6. The molecule has 1 aliphatic heterocycles. The van der Waals surface area contributed by atoms with Crippen molar-refractivity contribution in [1.82, 2.24) is 9.97 Å². The number of ether oxygens (including phenoxy) is 1. The van der Waals surface area contributed by atoms with E-state index >= 15 is 0 Å². The van der Waals surface area contributed by atoms with Gasteiger partial charge in [-0.1, -0.05) is 5.16 Å². The van der Waals surface area contributed by atoms with Crippen LogP contribution in [0.5, 0.6) is 0 Å². The molecule has 0 saturated carbocycles. The first-order chi connectivity index (χ1) is 7.81. The van der Waals surface area contributed by atoms with Crippen molar-refractivity contribution < 1.29 is 9.94 Å². The van der Waals surface area contributed by atoms with E-state index in [-0.39, 0.29) is 5.84 Å². The van der Waals surface area contributed by atoms with E-state index in [4.69, 9.17) is 15.7 Å². The zero-order chi connectivity index (χ0) is 11.4. The molecule has 86 valence electrons. The molecular weight excluding hydrogens is 210 g/mol. The van der Waals surface area contributed by atoms with Crippen molar-refractivity contribution in [2.75, 3.05) is 24.6 Å². The maximum absolute atomic E-state index is 8.58. The number of nitrogens with zero attached hydrogens (tertiary/aromatic N) is 4. The van der Waals surface area contributed by atoms with Crippen LogP contribution in [0, 0.1) is 0 Å². The number of amidine groups is 1. The smallest absolute Gasteiger partial charge is 0.170 e. The van der Waals surface area contributed by atoms with Gasteiger partial charge in [-0.05, 0) is 6.07 Å². The molecular formula is C9H13N5O2. The normalized spacial score (nSPS) is 22.1. The van der Waals surface area contributed by atoms with Crippen molar-refractivity contribution in [2.24, 2.45) is 10.9 Å². The Morgan fingerprint density at radius 3 is 3.25 bits per heavy atom. The summed E-state index contributed by atoms with van der Waals surface area (Å²) in [6, 6.07) is 1.81. The molecule has 1 aliphatic rings. The van der Waals surface area contributed by atoms with E-state index in [0.717, 1.165) is 12.4 Å². The molecule has 0 aromatic carbocycles. The molecule has 1 aromatic rings. The topological polar surface area (TPSA) is 96.9 Å². The second-order valence-electron chi connectivity index (χ2n) is 3.40. The second kappa shape index (κ2) is 4.75. The third kappa shape index (κ3) is 2.19. The summed E-state index contributed by atoms with van der Waals surface area (Å²) in [5, 5.41) is 11.5. The molecule has 1 saturated heterocycles. The highest BCUT2D eigenvalue weighted by molar-refractivity contribution is 5.85. The molecule has 2 rings (SSSR count). The molecule has 1 atom stereocenters. The summed E-state index contributed by atoms with van der Waals surface area (Å²) in [5.41, 5.74) is 5.50. The maximum atomic E-state index is 8.58. The Bertz CT molecular complexity index is 369. The molecule has 1 unspecified atom stereocenters. The van der Waals surface area contributed by atoms with Gasteiger partial charge in [-0.2, -0.15) is 0 Å². The number of nitrogens with two attached hydrogens (primary N) is 1. The quantitative estimate of drug-likeness (QED) is 0.301. The van der Waals surface area contributed by atoms with Gasteiger partial charge in [-0.3, -0.25) is 0 Å². The number of aromatic nitrogens is 2. The van der Waals surface area contributed by atoms with Gasteiger partial charge in [0.15, 0.2) is 5.84 Å². The highest BCUT2D eigenvalue weighted by atomic mass is 16.5. The van der Waals surface area contributed by atoms with Crippen LogP contribution >= 0.6 is 0 Å². The Hall–Kier alpha value is -1.89. The van der Waals surface area contributed by atoms with E-state index in [2.05, 4.69) is 15.1 Å². The SMILES string of the molecule is NC(=NO)C1CN(c2ccncn2)CCO1. The number of rotatable bonds is 2. The molecule has 0 spiro atoms. The Balaban J connectivity index is 2.08. The lowest BCUT2D eigenvalue weighted by molar-refractivity contribution is 0.0804. The van der Waals surface area contributed by atoms with E-state index in [1.165, 1.54) is 6.33 Å². The molecule has 0 radical (unpaired) electrons. The Morgan fingerprint density at radius 1 is 1.69 bits per heavy atom. The van der Waals surface area contributed by atoms with Gasteiger partial charge in [-0.25, -0.2) is 9.97 Å². The third-order valence-corrected chi connectivity index (χ3v) is 2.40. The predicted molar refractivity (Wildman–Crippen MR) is 57.4 cm³/mol. The third-order valence-electron chi connectivity index (χ3n) is 2.40. The van der Waals surface area contributed by atoms with Crippen LogP contribution in [0.15, 0.2) is 23.7 Å². The molecule has 0 bridgehead atoms. The summed E-state index contributed by atoms with van der Waals surface area (Å²) < 4.78 is 5.38. The van der Waals surface area contributed by atoms with E-state index < -0.39 is 6.10 Å². The lowest BCUT2D eigenvalue weighted by Crippen LogP contribution is -2.48. The van der Waals surface area contributed by atoms with Gasteiger partial charge in [0.2, 0.25) is 0 Å². The first-order valence-electron chi connectivity index (χ1n) is 4.91. The van der Waals surface area contributed by atoms with Crippen LogP contribution in [-0.2, 0) is 4.74 Å². The van der Waals surface area contributed by atoms with Crippen LogP contribution in [0.2, 0.25) is 0 Å². The van der Waals surface area contributed by atoms with Gasteiger partial charge in [0, 0.05) is 12.7 Å². The van der Waals surface area contributed by atoms with Gasteiger partial charge in [-0.15, -0.1) is 0 Å². The Labute approximate surface area is 92.5 Å². The molecule has 0 aliphatic carbocycles. The zero-order valence-corrected chi connectivity index (χ0v) is 8.65. The first-order valence-corrected chi connectivity index (χ1v) is 4.91. The Morgan fingerprint density at radius 2 is 2.56 bits per heavy atom. The minimum atomic E-state index is -0.395. The van der Waals surface area contributed by atoms with E-state index in [0.29, 0.717) is 13.2 Å². The maximum Gasteiger partial charge on any atom is 0.170 e. The van der Waals surface area contributed by atoms with E-state index in [1.54, 1.807) is 6.20 Å². The second-order valence-corrected chi connectivity index (χ2v) is 3.40. The molecule has 1 fully saturated rings. The molecule has 2 heterocycles. The molecule has 3 N–H and O–H groups in total. The van der Waals surface area contributed by atoms with Crippen molar-refractivity contribution in [3.05, 3.63) is 18.6 Å². The van der Waals surface area contributed by atoms with Gasteiger partial charge in [0.05, 0.1) is 13.2 Å². The fourth-order valence-corrected chi connectivity index (χ4v) is 1.57. The summed E-state index contributed by atoms with van der Waals surface area (Å²) in [6.45, 7) is 1.77. The average Bonchev–Trinajstić information content (AvgIpc) is 2.39. The van der Waals surface area contributed by atoms with Gasteiger partial charge in [0.25, 0.3) is 0 Å². The predicted octanol–water partition coefficient (Wildman–Crippen LogP) is -0.572. The van der Waals surface area contributed by atoms with Gasteiger partial charge in [0.1, 0.15) is 18.2 Å². The van der Waals surface area contributed by atoms with Crippen LogP contribution in [-0.4, -0.2) is 46.8 Å². The summed E-state index contributed by atoms with van der Waals surface area (Å²) >= 11 is 0. The minimum absolute atomic E-state index is 0.0822. The number of hydrogen-bond acceptors (Lipinski definition) is 6. The van der Waals surface area contributed by atoms with Crippen LogP contribution < -0.4 is 10.6 Å². The number of anilines is 1. The fraction of sp³-hybridized carbons (Fsp3) is 0.444. The molecule has 1 aromatic heterocycles. The molecule has 7 heteroatoms. The molecule has 0 amide bonds. The van der Waals surface area contributed by atoms with Crippen molar-refractivity contribution in [3.63, 3.8) is 0 Å². The average molecular weight is 223 g/mol. The molecule has 7 nitrogen and oxygen atoms in total. The fourth-order valence-electron chi connectivity index (χ4n) is 1.57. The highest BCUT2D eigenvalue weighted by Crippen LogP contribution is 2.13. The lowest BCUT2D eigenvalue weighted by atomic mass is 10.2. The van der Waals surface area contributed by atoms with Crippen LogP contribution in [0.3, 0.4) is 0 Å². The van der Waals surface area contributed by atoms with Crippen molar-refractivity contribution in [2.45, 2.75) is 6.10 Å². The lowest BCUT2D eigenvalue weighted by Gasteiger charge is -2.32. The van der Waals surface area contributed by atoms with E-state index in [1.807, 2.05) is 11.0 Å². The summed E-state index contributed by atoms with van der Waals surface area (Å²) in [6.07, 6.45) is 2.77. The monoisotopic (exact) mass is 223 g/mol. The van der Waals surface area contributed by atoms with E-state index in [9.17, 15) is 0 Å². The summed E-state index contributed by atoms with van der Waals surface area (Å²) in [5.74, 6) is 0.896. The molecule has 16 heavy (non-hydrogen) atoms. The van der Waals surface area contributed by atoms with Gasteiger partial charge >= 0.3 is 0 Å².